The first kappa shape index (κ1) is 51.0. The Bertz CT molecular complexity index is 2620. The van der Waals surface area contributed by atoms with Gasteiger partial charge >= 0.3 is 18.2 Å². The summed E-state index contributed by atoms with van der Waals surface area (Å²) in [5.41, 5.74) is 9.72. The van der Waals surface area contributed by atoms with Crippen molar-refractivity contribution in [3.8, 4) is 23.8 Å². The Balaban J connectivity index is 0.000000555. The van der Waals surface area contributed by atoms with E-state index in [1.807, 2.05) is 32.0 Å². The maximum Gasteiger partial charge on any atom is 0.417 e. The SMILES string of the molecule is C#CCOc1ccc2nc(C)sc2c1.COC(=O)[C@H](Cc1ccc(C(F)(F)F)cc1)N(C(=O)OC(C)(C)C)C(=O)[C@H](Cc1ccc(OCCOS(=O)(=O)c2ccc(C)cc2)cc1)N=[N+]=[N-]. The van der Waals surface area contributed by atoms with Crippen molar-refractivity contribution in [2.75, 3.05) is 26.9 Å². The Morgan fingerprint density at radius 2 is 1.51 bits per heavy atom. The van der Waals surface area contributed by atoms with E-state index in [1.165, 1.54) is 57.2 Å². The summed E-state index contributed by atoms with van der Waals surface area (Å²) in [6, 6.07) is 18.5. The molecule has 0 aliphatic heterocycles. The van der Waals surface area contributed by atoms with Crippen molar-refractivity contribution in [2.45, 2.75) is 76.2 Å². The highest BCUT2D eigenvalue weighted by Gasteiger charge is 2.41. The van der Waals surface area contributed by atoms with Crippen LogP contribution in [0, 0.1) is 26.2 Å². The highest BCUT2D eigenvalue weighted by molar-refractivity contribution is 7.86. The largest absolute Gasteiger partial charge is 0.491 e. The van der Waals surface area contributed by atoms with Gasteiger partial charge in [0.2, 0.25) is 5.91 Å². The molecule has 0 radical (unpaired) electrons. The highest BCUT2D eigenvalue weighted by Crippen LogP contribution is 2.30. The molecular weight excluding hydrogens is 892 g/mol. The van der Waals surface area contributed by atoms with Crippen LogP contribution in [0.5, 0.6) is 11.5 Å². The van der Waals surface area contributed by atoms with Gasteiger partial charge in [-0.3, -0.25) is 8.98 Å². The minimum atomic E-state index is -4.62. The van der Waals surface area contributed by atoms with Crippen LogP contribution in [0.1, 0.15) is 48.0 Å². The summed E-state index contributed by atoms with van der Waals surface area (Å²) in [5.74, 6) is 1.35. The number of halogens is 3. The van der Waals surface area contributed by atoms with Gasteiger partial charge in [0, 0.05) is 11.3 Å². The molecule has 2 atom stereocenters. The molecule has 0 spiro atoms. The lowest BCUT2D eigenvalue weighted by molar-refractivity contribution is -0.152. The zero-order chi connectivity index (χ0) is 48.0. The fourth-order valence-electron chi connectivity index (χ4n) is 5.81. The minimum absolute atomic E-state index is 0.00399. The number of terminal acetylenes is 1. The topological polar surface area (TPSA) is 196 Å². The number of thiazole rings is 1. The summed E-state index contributed by atoms with van der Waals surface area (Å²) >= 11 is 1.66. The summed E-state index contributed by atoms with van der Waals surface area (Å²) in [4.78, 5) is 48.0. The lowest BCUT2D eigenvalue weighted by Gasteiger charge is -2.32. The van der Waals surface area contributed by atoms with E-state index in [0.717, 1.165) is 57.9 Å². The van der Waals surface area contributed by atoms with Crippen LogP contribution >= 0.6 is 11.3 Å². The van der Waals surface area contributed by atoms with E-state index in [0.29, 0.717) is 22.8 Å². The number of methoxy groups -OCH3 is 1. The molecule has 5 rings (SSSR count). The molecule has 0 saturated carbocycles. The number of aromatic nitrogens is 1. The molecule has 0 saturated heterocycles. The minimum Gasteiger partial charge on any atom is -0.491 e. The quantitative estimate of drug-likeness (QED) is 0.0174. The van der Waals surface area contributed by atoms with Crippen LogP contribution in [0.3, 0.4) is 0 Å². The number of fused-ring (bicyclic) bond motifs is 1. The van der Waals surface area contributed by atoms with E-state index in [4.69, 9.17) is 29.6 Å². The van der Waals surface area contributed by atoms with Gasteiger partial charge in [0.25, 0.3) is 10.1 Å². The molecule has 0 bridgehead atoms. The number of carbonyl (C=O) groups is 3. The molecule has 1 aromatic heterocycles. The monoisotopic (exact) mass is 937 g/mol. The molecule has 2 amide bonds. The van der Waals surface area contributed by atoms with E-state index < -0.39 is 63.9 Å². The first-order valence-corrected chi connectivity index (χ1v) is 21.8. The first-order chi connectivity index (χ1) is 30.6. The van der Waals surface area contributed by atoms with Crippen LogP contribution < -0.4 is 9.47 Å². The van der Waals surface area contributed by atoms with Crippen LogP contribution in [0.25, 0.3) is 20.7 Å². The number of ether oxygens (including phenoxy) is 4. The van der Waals surface area contributed by atoms with Crippen LogP contribution in [0.2, 0.25) is 0 Å². The van der Waals surface area contributed by atoms with E-state index in [2.05, 4.69) is 20.9 Å². The fourth-order valence-corrected chi connectivity index (χ4v) is 7.56. The fraction of sp³-hybridized carbons (Fsp3) is 0.333. The summed E-state index contributed by atoms with van der Waals surface area (Å²) in [7, 11) is -2.98. The molecule has 0 fully saturated rings. The number of carbonyl (C=O) groups excluding carboxylic acids is 3. The van der Waals surface area contributed by atoms with Crippen LogP contribution in [-0.2, 0) is 52.4 Å². The lowest BCUT2D eigenvalue weighted by atomic mass is 10.0. The number of azide groups is 1. The van der Waals surface area contributed by atoms with Gasteiger partial charge in [-0.05, 0) is 112 Å². The van der Waals surface area contributed by atoms with Gasteiger partial charge in [0.05, 0.1) is 32.8 Å². The molecule has 5 aromatic rings. The maximum atomic E-state index is 14.0. The van der Waals surface area contributed by atoms with E-state index >= 15 is 0 Å². The molecule has 0 unspecified atom stereocenters. The summed E-state index contributed by atoms with van der Waals surface area (Å²) in [6.07, 6.45) is -1.49. The second-order valence-electron chi connectivity index (χ2n) is 15.0. The van der Waals surface area contributed by atoms with E-state index in [9.17, 15) is 41.5 Å². The third-order valence-corrected chi connectivity index (χ3v) is 11.1. The number of rotatable bonds is 16. The Morgan fingerprint density at radius 1 is 0.892 bits per heavy atom. The molecule has 0 aliphatic rings. The predicted molar refractivity (Wildman–Crippen MR) is 236 cm³/mol. The van der Waals surface area contributed by atoms with Gasteiger partial charge in [0.1, 0.15) is 49.0 Å². The second kappa shape index (κ2) is 22.8. The Labute approximate surface area is 378 Å². The number of benzene rings is 4. The molecule has 20 heteroatoms. The van der Waals surface area contributed by atoms with Crippen molar-refractivity contribution >= 4 is 49.6 Å². The summed E-state index contributed by atoms with van der Waals surface area (Å²) in [6.45, 7) is 8.26. The Kier molecular flexibility index (Phi) is 17.9. The zero-order valence-electron chi connectivity index (χ0n) is 36.2. The molecule has 0 N–H and O–H groups in total. The average molecular weight is 938 g/mol. The van der Waals surface area contributed by atoms with E-state index in [1.54, 1.807) is 23.5 Å². The number of alkyl halides is 3. The van der Waals surface area contributed by atoms with E-state index in [-0.39, 0.29) is 30.1 Å². The van der Waals surface area contributed by atoms with Crippen LogP contribution in [0.4, 0.5) is 18.0 Å². The maximum absolute atomic E-state index is 14.0. The van der Waals surface area contributed by atoms with Gasteiger partial charge in [-0.25, -0.2) is 19.5 Å². The van der Waals surface area contributed by atoms with Crippen molar-refractivity contribution in [2.24, 2.45) is 5.11 Å². The average Bonchev–Trinajstić information content (AvgIpc) is 3.63. The number of hydrogen-bond acceptors (Lipinski definition) is 13. The Hall–Kier alpha value is -6.65. The number of hydrogen-bond donors (Lipinski definition) is 0. The smallest absolute Gasteiger partial charge is 0.417 e. The number of amides is 2. The molecule has 344 valence electrons. The molecule has 15 nitrogen and oxygen atoms in total. The first-order valence-electron chi connectivity index (χ1n) is 19.6. The van der Waals surface area contributed by atoms with Crippen LogP contribution in [0.15, 0.2) is 101 Å². The van der Waals surface area contributed by atoms with Gasteiger partial charge in [-0.1, -0.05) is 53.0 Å². The number of esters is 1. The number of aryl methyl sites for hydroxylation is 2. The molecule has 0 aliphatic carbocycles. The van der Waals surface area contributed by atoms with Gasteiger partial charge < -0.3 is 18.9 Å². The summed E-state index contributed by atoms with van der Waals surface area (Å²) < 4.78 is 91.4. The number of nitrogens with zero attached hydrogens (tertiary/aromatic N) is 5. The second-order valence-corrected chi connectivity index (χ2v) is 17.8. The van der Waals surface area contributed by atoms with Crippen molar-refractivity contribution in [1.82, 2.24) is 9.88 Å². The van der Waals surface area contributed by atoms with Crippen molar-refractivity contribution in [3.05, 3.63) is 129 Å². The van der Waals surface area contributed by atoms with Crippen molar-refractivity contribution < 1.29 is 59.1 Å². The third kappa shape index (κ3) is 15.5. The Morgan fingerprint density at radius 3 is 2.09 bits per heavy atom. The van der Waals surface area contributed by atoms with Gasteiger partial charge in [0.15, 0.2) is 0 Å². The highest BCUT2D eigenvalue weighted by atomic mass is 32.2. The van der Waals surface area contributed by atoms with Gasteiger partial charge in [-0.2, -0.15) is 21.6 Å². The molecular formula is C45H46F3N5O10S2. The standard InChI is InChI=1S/C34H37F3N4O9S.C11H9NOS/c1-22-6-16-27(17-7-22)51(45,46)49-19-18-48-26-14-10-23(11-15-26)20-28(39-40-38)30(42)41(32(44)50-33(2,3)4)29(31(43)47-5)21-24-8-12-25(13-9-24)34(35,36)37;1-3-6-13-9-4-5-10-11(7-9)14-8(2)12-10/h6-17,28-29H,18-21H2,1-5H3;1,4-5,7H,6H2,2H3/t28-,29-;/m0./s1. The molecule has 1 heterocycles. The molecule has 65 heavy (non-hydrogen) atoms. The van der Waals surface area contributed by atoms with Crippen molar-refractivity contribution in [1.29, 1.82) is 0 Å². The third-order valence-electron chi connectivity index (χ3n) is 8.84. The van der Waals surface area contributed by atoms with Gasteiger partial charge in [-0.15, -0.1) is 17.8 Å². The van der Waals surface area contributed by atoms with Crippen molar-refractivity contribution in [3.63, 3.8) is 0 Å². The molecule has 4 aromatic carbocycles. The number of imide groups is 1. The normalized spacial score (nSPS) is 12.3. The predicted octanol–water partition coefficient (Wildman–Crippen LogP) is 9.18. The lowest BCUT2D eigenvalue weighted by Crippen LogP contribution is -2.54. The van der Waals surface area contributed by atoms with Crippen LogP contribution in [-0.4, -0.2) is 80.9 Å². The summed E-state index contributed by atoms with van der Waals surface area (Å²) in [5, 5.41) is 4.63. The zero-order valence-corrected chi connectivity index (χ0v) is 37.8.